The molecule has 4 rings (SSSR count). The first-order valence-corrected chi connectivity index (χ1v) is 9.14. The van der Waals surface area contributed by atoms with Crippen LogP contribution in [0.5, 0.6) is 0 Å². The van der Waals surface area contributed by atoms with E-state index >= 15 is 0 Å². The molecule has 1 aliphatic carbocycles. The third-order valence-corrected chi connectivity index (χ3v) is 5.04. The number of aryl methyl sites for hydroxylation is 1. The van der Waals surface area contributed by atoms with E-state index in [9.17, 15) is 4.79 Å². The average Bonchev–Trinajstić information content (AvgIpc) is 3.26. The molecule has 1 N–H and O–H groups in total. The Labute approximate surface area is 158 Å². The third kappa shape index (κ3) is 3.40. The van der Waals surface area contributed by atoms with Gasteiger partial charge in [0.2, 0.25) is 0 Å². The molecule has 2 aromatic heterocycles. The first-order chi connectivity index (χ1) is 13.1. The van der Waals surface area contributed by atoms with Crippen molar-refractivity contribution < 1.29 is 4.79 Å². The standard InChI is InChI=1S/C22H22N4O/c1-15-21(16(2)26(25-15)20-8-4-3-5-9-20)17-10-11-19(13-17)24-22(27)18-7-6-12-23-14-18/h3-12,14,17,19H,13H2,1-2H3,(H,24,27)/t17-,19-/m1/s1. The van der Waals surface area contributed by atoms with E-state index in [0.717, 1.165) is 23.5 Å². The molecule has 0 spiro atoms. The Morgan fingerprint density at radius 3 is 2.67 bits per heavy atom. The highest BCUT2D eigenvalue weighted by molar-refractivity contribution is 5.94. The molecule has 1 amide bonds. The molecule has 5 nitrogen and oxygen atoms in total. The second-order valence-corrected chi connectivity index (χ2v) is 6.88. The molecule has 27 heavy (non-hydrogen) atoms. The number of amides is 1. The quantitative estimate of drug-likeness (QED) is 0.723. The zero-order valence-electron chi connectivity index (χ0n) is 15.5. The molecule has 2 heterocycles. The smallest absolute Gasteiger partial charge is 0.253 e. The van der Waals surface area contributed by atoms with Gasteiger partial charge in [-0.25, -0.2) is 4.68 Å². The van der Waals surface area contributed by atoms with Crippen LogP contribution < -0.4 is 5.32 Å². The summed E-state index contributed by atoms with van der Waals surface area (Å²) < 4.78 is 2.00. The maximum Gasteiger partial charge on any atom is 0.253 e. The number of carbonyl (C=O) groups excluding carboxylic acids is 1. The molecule has 0 aliphatic heterocycles. The molecule has 136 valence electrons. The van der Waals surface area contributed by atoms with Crippen molar-refractivity contribution in [1.82, 2.24) is 20.1 Å². The van der Waals surface area contributed by atoms with E-state index in [0.29, 0.717) is 5.56 Å². The lowest BCUT2D eigenvalue weighted by Gasteiger charge is -2.15. The first kappa shape index (κ1) is 17.2. The van der Waals surface area contributed by atoms with Gasteiger partial charge in [-0.2, -0.15) is 5.10 Å². The lowest BCUT2D eigenvalue weighted by Crippen LogP contribution is -2.32. The Balaban J connectivity index is 1.51. The van der Waals surface area contributed by atoms with E-state index in [1.807, 2.05) is 22.9 Å². The average molecular weight is 358 g/mol. The van der Waals surface area contributed by atoms with Crippen molar-refractivity contribution in [3.63, 3.8) is 0 Å². The molecule has 1 aromatic carbocycles. The number of rotatable bonds is 4. The number of hydrogen-bond acceptors (Lipinski definition) is 3. The zero-order chi connectivity index (χ0) is 18.8. The number of pyridine rings is 1. The van der Waals surface area contributed by atoms with E-state index in [1.165, 1.54) is 5.56 Å². The van der Waals surface area contributed by atoms with E-state index < -0.39 is 0 Å². The van der Waals surface area contributed by atoms with Crippen LogP contribution in [-0.4, -0.2) is 26.7 Å². The minimum Gasteiger partial charge on any atom is -0.346 e. The molecule has 0 radical (unpaired) electrons. The summed E-state index contributed by atoms with van der Waals surface area (Å²) in [5, 5.41) is 7.83. The van der Waals surface area contributed by atoms with Crippen LogP contribution in [0.2, 0.25) is 0 Å². The third-order valence-electron chi connectivity index (χ3n) is 5.04. The summed E-state index contributed by atoms with van der Waals surface area (Å²) in [6, 6.07) is 13.7. The van der Waals surface area contributed by atoms with Crippen LogP contribution in [0.25, 0.3) is 5.69 Å². The molecule has 3 aromatic rings. The van der Waals surface area contributed by atoms with Crippen LogP contribution in [0.4, 0.5) is 0 Å². The van der Waals surface area contributed by atoms with E-state index in [-0.39, 0.29) is 17.9 Å². The summed E-state index contributed by atoms with van der Waals surface area (Å²) in [4.78, 5) is 16.4. The highest BCUT2D eigenvalue weighted by Gasteiger charge is 2.27. The van der Waals surface area contributed by atoms with Crippen molar-refractivity contribution in [3.05, 3.63) is 89.5 Å². The van der Waals surface area contributed by atoms with Crippen LogP contribution in [0.15, 0.2) is 67.0 Å². The zero-order valence-corrected chi connectivity index (χ0v) is 15.5. The Hall–Kier alpha value is -3.21. The molecule has 1 aliphatic rings. The van der Waals surface area contributed by atoms with Crippen molar-refractivity contribution >= 4 is 5.91 Å². The lowest BCUT2D eigenvalue weighted by atomic mass is 9.96. The topological polar surface area (TPSA) is 59.8 Å². The molecular weight excluding hydrogens is 336 g/mol. The number of allylic oxidation sites excluding steroid dienone is 1. The molecule has 0 saturated carbocycles. The largest absolute Gasteiger partial charge is 0.346 e. The van der Waals surface area contributed by atoms with Gasteiger partial charge in [-0.1, -0.05) is 30.4 Å². The normalized spacial score (nSPS) is 18.6. The molecule has 0 fully saturated rings. The highest BCUT2D eigenvalue weighted by Crippen LogP contribution is 2.33. The molecule has 2 atom stereocenters. The van der Waals surface area contributed by atoms with Crippen molar-refractivity contribution in [2.24, 2.45) is 0 Å². The number of nitrogens with zero attached hydrogens (tertiary/aromatic N) is 3. The predicted molar refractivity (Wildman–Crippen MR) is 105 cm³/mol. The van der Waals surface area contributed by atoms with Gasteiger partial charge in [0.05, 0.1) is 16.9 Å². The van der Waals surface area contributed by atoms with Crippen LogP contribution in [0.1, 0.15) is 39.6 Å². The Bertz CT molecular complexity index is 976. The molecule has 0 saturated heterocycles. The van der Waals surface area contributed by atoms with Gasteiger partial charge in [0.15, 0.2) is 0 Å². The monoisotopic (exact) mass is 358 g/mol. The van der Waals surface area contributed by atoms with Gasteiger partial charge in [-0.15, -0.1) is 0 Å². The van der Waals surface area contributed by atoms with Crippen LogP contribution in [0, 0.1) is 13.8 Å². The summed E-state index contributed by atoms with van der Waals surface area (Å²) in [6.45, 7) is 4.16. The second kappa shape index (κ2) is 7.19. The summed E-state index contributed by atoms with van der Waals surface area (Å²) in [5.74, 6) is 0.161. The van der Waals surface area contributed by atoms with Crippen molar-refractivity contribution in [2.45, 2.75) is 32.2 Å². The Kier molecular flexibility index (Phi) is 4.59. The summed E-state index contributed by atoms with van der Waals surface area (Å²) in [7, 11) is 0. The van der Waals surface area contributed by atoms with E-state index in [4.69, 9.17) is 5.10 Å². The Morgan fingerprint density at radius 1 is 1.11 bits per heavy atom. The number of benzene rings is 1. The number of hydrogen-bond donors (Lipinski definition) is 1. The van der Waals surface area contributed by atoms with Crippen molar-refractivity contribution in [1.29, 1.82) is 0 Å². The molecule has 5 heteroatoms. The van der Waals surface area contributed by atoms with E-state index in [2.05, 4.69) is 48.4 Å². The fourth-order valence-corrected chi connectivity index (χ4v) is 3.78. The van der Waals surface area contributed by atoms with Gasteiger partial charge >= 0.3 is 0 Å². The SMILES string of the molecule is Cc1nn(-c2ccccc2)c(C)c1[C@@H]1C=C[C@@H](NC(=O)c2cccnc2)C1. The number of carbonyl (C=O) groups is 1. The maximum atomic E-state index is 12.4. The summed E-state index contributed by atoms with van der Waals surface area (Å²) >= 11 is 0. The van der Waals surface area contributed by atoms with Crippen LogP contribution in [0.3, 0.4) is 0 Å². The van der Waals surface area contributed by atoms with Gasteiger partial charge in [-0.05, 0) is 44.5 Å². The number of aromatic nitrogens is 3. The second-order valence-electron chi connectivity index (χ2n) is 6.88. The number of para-hydroxylation sites is 1. The summed E-state index contributed by atoms with van der Waals surface area (Å²) in [6.07, 6.45) is 8.36. The van der Waals surface area contributed by atoms with Crippen LogP contribution in [-0.2, 0) is 0 Å². The minimum atomic E-state index is -0.0909. The molecule has 0 bridgehead atoms. The fourth-order valence-electron chi connectivity index (χ4n) is 3.78. The Morgan fingerprint density at radius 2 is 1.93 bits per heavy atom. The van der Waals surface area contributed by atoms with E-state index in [1.54, 1.807) is 24.5 Å². The number of nitrogens with one attached hydrogen (secondary N) is 1. The maximum absolute atomic E-state index is 12.4. The van der Waals surface area contributed by atoms with Crippen LogP contribution >= 0.6 is 0 Å². The molecule has 0 unspecified atom stereocenters. The van der Waals surface area contributed by atoms with Gasteiger partial charge in [0.1, 0.15) is 0 Å². The molecular formula is C22H22N4O. The lowest BCUT2D eigenvalue weighted by molar-refractivity contribution is 0.0943. The predicted octanol–water partition coefficient (Wildman–Crippen LogP) is 3.73. The fraction of sp³-hybridized carbons (Fsp3) is 0.227. The van der Waals surface area contributed by atoms with Gasteiger partial charge in [0.25, 0.3) is 5.91 Å². The van der Waals surface area contributed by atoms with Gasteiger partial charge in [-0.3, -0.25) is 9.78 Å². The van der Waals surface area contributed by atoms with Gasteiger partial charge < -0.3 is 5.32 Å². The van der Waals surface area contributed by atoms with Crippen molar-refractivity contribution in [3.8, 4) is 5.69 Å². The first-order valence-electron chi connectivity index (χ1n) is 9.14. The summed E-state index contributed by atoms with van der Waals surface area (Å²) in [5.41, 5.74) is 5.07. The highest BCUT2D eigenvalue weighted by atomic mass is 16.1. The minimum absolute atomic E-state index is 0.0154. The van der Waals surface area contributed by atoms with Gasteiger partial charge in [0, 0.05) is 35.6 Å². The van der Waals surface area contributed by atoms with Crippen molar-refractivity contribution in [2.75, 3.05) is 0 Å².